The van der Waals surface area contributed by atoms with Crippen molar-refractivity contribution < 1.29 is 0 Å². The molecule has 0 spiro atoms. The Hall–Kier alpha value is -0.580. The van der Waals surface area contributed by atoms with Crippen LogP contribution in [0.1, 0.15) is 57.2 Å². The monoisotopic (exact) mass is 270 g/mol. The van der Waals surface area contributed by atoms with Crippen molar-refractivity contribution in [2.24, 2.45) is 11.8 Å². The summed E-state index contributed by atoms with van der Waals surface area (Å²) in [5, 5.41) is 5.06. The van der Waals surface area contributed by atoms with E-state index in [0.717, 1.165) is 36.0 Å². The van der Waals surface area contributed by atoms with Crippen molar-refractivity contribution in [2.45, 2.75) is 58.0 Å². The van der Waals surface area contributed by atoms with Gasteiger partial charge in [-0.15, -0.1) is 0 Å². The maximum atomic E-state index is 6.26. The molecule has 0 aromatic carbocycles. The highest BCUT2D eigenvalue weighted by atomic mass is 35.5. The van der Waals surface area contributed by atoms with E-state index in [1.165, 1.54) is 25.7 Å². The fraction of sp³-hybridized carbons (Fsp3) is 0.769. The van der Waals surface area contributed by atoms with Crippen LogP contribution in [-0.4, -0.2) is 9.78 Å². The van der Waals surface area contributed by atoms with Crippen LogP contribution in [0.2, 0.25) is 5.02 Å². The van der Waals surface area contributed by atoms with E-state index in [1.54, 1.807) is 6.20 Å². The Kier molecular flexibility index (Phi) is 5.03. The SMILES string of the molecule is CCCn1ncc(Cl)c1C(CC1CCCC1)NN. The van der Waals surface area contributed by atoms with Gasteiger partial charge in [-0.2, -0.15) is 5.10 Å². The number of hydrazine groups is 1. The van der Waals surface area contributed by atoms with Crippen LogP contribution in [0.5, 0.6) is 0 Å². The van der Waals surface area contributed by atoms with Crippen molar-refractivity contribution in [3.63, 3.8) is 0 Å². The molecule has 2 rings (SSSR count). The highest BCUT2D eigenvalue weighted by molar-refractivity contribution is 6.31. The van der Waals surface area contributed by atoms with Crippen LogP contribution in [0.25, 0.3) is 0 Å². The van der Waals surface area contributed by atoms with Gasteiger partial charge in [-0.1, -0.05) is 44.2 Å². The molecular formula is C13H23ClN4. The average molecular weight is 271 g/mol. The smallest absolute Gasteiger partial charge is 0.0834 e. The lowest BCUT2D eigenvalue weighted by Gasteiger charge is -2.21. The second-order valence-electron chi connectivity index (χ2n) is 5.21. The van der Waals surface area contributed by atoms with E-state index in [1.807, 2.05) is 4.68 Å². The van der Waals surface area contributed by atoms with E-state index < -0.39 is 0 Å². The molecule has 0 aliphatic heterocycles. The predicted octanol–water partition coefficient (Wildman–Crippen LogP) is 3.03. The maximum Gasteiger partial charge on any atom is 0.0834 e. The van der Waals surface area contributed by atoms with Gasteiger partial charge in [0, 0.05) is 6.54 Å². The molecule has 102 valence electrons. The first-order chi connectivity index (χ1) is 8.76. The van der Waals surface area contributed by atoms with Gasteiger partial charge in [0.25, 0.3) is 0 Å². The van der Waals surface area contributed by atoms with Gasteiger partial charge in [-0.3, -0.25) is 16.0 Å². The second-order valence-corrected chi connectivity index (χ2v) is 5.61. The van der Waals surface area contributed by atoms with E-state index in [4.69, 9.17) is 17.4 Å². The van der Waals surface area contributed by atoms with E-state index in [-0.39, 0.29) is 6.04 Å². The fourth-order valence-corrected chi connectivity index (χ4v) is 3.22. The van der Waals surface area contributed by atoms with Crippen LogP contribution < -0.4 is 11.3 Å². The summed E-state index contributed by atoms with van der Waals surface area (Å²) in [6, 6.07) is 0.120. The van der Waals surface area contributed by atoms with E-state index >= 15 is 0 Å². The van der Waals surface area contributed by atoms with Gasteiger partial charge < -0.3 is 0 Å². The Morgan fingerprint density at radius 3 is 2.89 bits per heavy atom. The molecule has 1 unspecified atom stereocenters. The van der Waals surface area contributed by atoms with Crippen molar-refractivity contribution in [3.8, 4) is 0 Å². The molecule has 0 radical (unpaired) electrons. The Morgan fingerprint density at radius 1 is 1.56 bits per heavy atom. The second kappa shape index (κ2) is 6.55. The van der Waals surface area contributed by atoms with Gasteiger partial charge in [0.15, 0.2) is 0 Å². The minimum Gasteiger partial charge on any atom is -0.271 e. The Labute approximate surface area is 114 Å². The summed E-state index contributed by atoms with van der Waals surface area (Å²) < 4.78 is 1.99. The van der Waals surface area contributed by atoms with Gasteiger partial charge in [0.2, 0.25) is 0 Å². The van der Waals surface area contributed by atoms with Gasteiger partial charge in [0.05, 0.1) is 23.0 Å². The lowest BCUT2D eigenvalue weighted by atomic mass is 9.97. The Morgan fingerprint density at radius 2 is 2.28 bits per heavy atom. The number of rotatable bonds is 6. The Bertz CT molecular complexity index is 371. The quantitative estimate of drug-likeness (QED) is 0.617. The molecule has 1 atom stereocenters. The third-order valence-corrected chi connectivity index (χ3v) is 4.13. The molecule has 1 aromatic heterocycles. The van der Waals surface area contributed by atoms with E-state index in [9.17, 15) is 0 Å². The number of nitrogens with one attached hydrogen (secondary N) is 1. The highest BCUT2D eigenvalue weighted by Gasteiger charge is 2.24. The predicted molar refractivity (Wildman–Crippen MR) is 74.2 cm³/mol. The molecule has 3 N–H and O–H groups in total. The first-order valence-corrected chi connectivity index (χ1v) is 7.31. The topological polar surface area (TPSA) is 55.9 Å². The van der Waals surface area contributed by atoms with Crippen molar-refractivity contribution in [3.05, 3.63) is 16.9 Å². The standard InChI is InChI=1S/C13H23ClN4/c1-2-7-18-13(11(14)9-16-18)12(17-15)8-10-5-3-4-6-10/h9-10,12,17H,2-8,15H2,1H3. The molecule has 1 aliphatic rings. The van der Waals surface area contributed by atoms with E-state index in [2.05, 4.69) is 17.4 Å². The van der Waals surface area contributed by atoms with Gasteiger partial charge in [-0.25, -0.2) is 0 Å². The zero-order valence-corrected chi connectivity index (χ0v) is 11.8. The van der Waals surface area contributed by atoms with Crippen LogP contribution >= 0.6 is 11.6 Å². The molecule has 1 saturated carbocycles. The summed E-state index contributed by atoms with van der Waals surface area (Å²) in [6.07, 6.45) is 9.17. The van der Waals surface area contributed by atoms with E-state index in [0.29, 0.717) is 0 Å². The molecule has 0 amide bonds. The molecule has 1 aromatic rings. The molecular weight excluding hydrogens is 248 g/mol. The highest BCUT2D eigenvalue weighted by Crippen LogP contribution is 2.34. The maximum absolute atomic E-state index is 6.26. The molecule has 0 bridgehead atoms. The zero-order valence-electron chi connectivity index (χ0n) is 11.0. The van der Waals surface area contributed by atoms with Crippen LogP contribution in [0.4, 0.5) is 0 Å². The van der Waals surface area contributed by atoms with Crippen LogP contribution in [0, 0.1) is 5.92 Å². The number of hydrogen-bond donors (Lipinski definition) is 2. The largest absolute Gasteiger partial charge is 0.271 e. The number of nitrogens with zero attached hydrogens (tertiary/aromatic N) is 2. The summed E-state index contributed by atoms with van der Waals surface area (Å²) in [5.41, 5.74) is 3.97. The first kappa shape index (κ1) is 13.8. The van der Waals surface area contributed by atoms with Gasteiger partial charge >= 0.3 is 0 Å². The van der Waals surface area contributed by atoms with Crippen LogP contribution in [-0.2, 0) is 6.54 Å². The average Bonchev–Trinajstić information content (AvgIpc) is 2.98. The normalized spacial score (nSPS) is 18.4. The number of aryl methyl sites for hydroxylation is 1. The molecule has 0 saturated heterocycles. The third kappa shape index (κ3) is 3.05. The van der Waals surface area contributed by atoms with Crippen molar-refractivity contribution in [1.29, 1.82) is 0 Å². The fourth-order valence-electron chi connectivity index (χ4n) is 2.95. The first-order valence-electron chi connectivity index (χ1n) is 6.93. The number of nitrogens with two attached hydrogens (primary N) is 1. The van der Waals surface area contributed by atoms with Crippen LogP contribution in [0.15, 0.2) is 6.20 Å². The molecule has 1 aliphatic carbocycles. The summed E-state index contributed by atoms with van der Waals surface area (Å²) in [5.74, 6) is 6.50. The Balaban J connectivity index is 2.12. The lowest BCUT2D eigenvalue weighted by molar-refractivity contribution is 0.378. The summed E-state index contributed by atoms with van der Waals surface area (Å²) >= 11 is 6.26. The molecule has 5 heteroatoms. The lowest BCUT2D eigenvalue weighted by Crippen LogP contribution is -2.31. The minimum atomic E-state index is 0.120. The van der Waals surface area contributed by atoms with Crippen LogP contribution in [0.3, 0.4) is 0 Å². The summed E-state index contributed by atoms with van der Waals surface area (Å²) in [7, 11) is 0. The molecule has 18 heavy (non-hydrogen) atoms. The van der Waals surface area contributed by atoms with Gasteiger partial charge in [0.1, 0.15) is 0 Å². The zero-order chi connectivity index (χ0) is 13.0. The summed E-state index contributed by atoms with van der Waals surface area (Å²) in [4.78, 5) is 0. The molecule has 1 heterocycles. The number of hydrogen-bond acceptors (Lipinski definition) is 3. The summed E-state index contributed by atoms with van der Waals surface area (Å²) in [6.45, 7) is 3.03. The number of aromatic nitrogens is 2. The van der Waals surface area contributed by atoms with Gasteiger partial charge in [-0.05, 0) is 18.8 Å². The third-order valence-electron chi connectivity index (χ3n) is 3.84. The van der Waals surface area contributed by atoms with Crippen molar-refractivity contribution in [2.75, 3.05) is 0 Å². The van der Waals surface area contributed by atoms with Crippen molar-refractivity contribution in [1.82, 2.24) is 15.2 Å². The molecule has 1 fully saturated rings. The minimum absolute atomic E-state index is 0.120. The van der Waals surface area contributed by atoms with Crippen molar-refractivity contribution >= 4 is 11.6 Å². The molecule has 4 nitrogen and oxygen atoms in total. The number of halogens is 1.